The van der Waals surface area contributed by atoms with Gasteiger partial charge in [0.25, 0.3) is 0 Å². The number of halogens is 1. The van der Waals surface area contributed by atoms with Gasteiger partial charge in [0.1, 0.15) is 0 Å². The molecule has 0 fully saturated rings. The Balaban J connectivity index is 2.61. The minimum Gasteiger partial charge on any atom is -0.385 e. The minimum atomic E-state index is -0.727. The highest BCUT2D eigenvalue weighted by molar-refractivity contribution is 9.10. The zero-order chi connectivity index (χ0) is 10.6. The van der Waals surface area contributed by atoms with Gasteiger partial charge in [0.15, 0.2) is 0 Å². The molecular weight excluding hydrogens is 262 g/mol. The largest absolute Gasteiger partial charge is 0.385 e. The van der Waals surface area contributed by atoms with Gasteiger partial charge < -0.3 is 10.4 Å². The summed E-state index contributed by atoms with van der Waals surface area (Å²) in [4.78, 5) is 1.01. The van der Waals surface area contributed by atoms with Crippen LogP contribution in [0.25, 0.3) is 0 Å². The predicted octanol–water partition coefficient (Wildman–Crippen LogP) is 2.72. The van der Waals surface area contributed by atoms with Crippen molar-refractivity contribution < 1.29 is 5.11 Å². The molecule has 1 atom stereocenters. The molecule has 80 valence electrons. The first kappa shape index (κ1) is 12.2. The van der Waals surface area contributed by atoms with Crippen LogP contribution in [0.4, 0.5) is 0 Å². The van der Waals surface area contributed by atoms with E-state index in [4.69, 9.17) is 0 Å². The van der Waals surface area contributed by atoms with Crippen LogP contribution in [0.3, 0.4) is 0 Å². The SMILES string of the molecule is CCNCCC(C)(O)c1sccc1Br. The quantitative estimate of drug-likeness (QED) is 0.812. The standard InChI is InChI=1S/C10H16BrNOS/c1-3-12-6-5-10(2,13)9-8(11)4-7-14-9/h4,7,12-13H,3,5-6H2,1-2H3. The molecule has 14 heavy (non-hydrogen) atoms. The maximum absolute atomic E-state index is 10.2. The zero-order valence-electron chi connectivity index (χ0n) is 8.51. The Bertz CT molecular complexity index is 285. The molecule has 2 N–H and O–H groups in total. The Morgan fingerprint density at radius 1 is 1.64 bits per heavy atom. The van der Waals surface area contributed by atoms with Gasteiger partial charge in [0, 0.05) is 4.47 Å². The van der Waals surface area contributed by atoms with E-state index < -0.39 is 5.60 Å². The van der Waals surface area contributed by atoms with Gasteiger partial charge in [-0.15, -0.1) is 11.3 Å². The summed E-state index contributed by atoms with van der Waals surface area (Å²) in [5, 5.41) is 15.4. The first-order chi connectivity index (χ1) is 6.58. The summed E-state index contributed by atoms with van der Waals surface area (Å²) in [5.74, 6) is 0. The van der Waals surface area contributed by atoms with Crippen molar-refractivity contribution in [3.05, 3.63) is 20.8 Å². The van der Waals surface area contributed by atoms with Gasteiger partial charge in [-0.3, -0.25) is 0 Å². The molecule has 0 aliphatic carbocycles. The van der Waals surface area contributed by atoms with E-state index in [2.05, 4.69) is 28.2 Å². The molecule has 0 aliphatic rings. The Kier molecular flexibility index (Phi) is 4.57. The summed E-state index contributed by atoms with van der Waals surface area (Å²) >= 11 is 5.03. The van der Waals surface area contributed by atoms with Crippen molar-refractivity contribution in [1.82, 2.24) is 5.32 Å². The molecule has 0 bridgehead atoms. The van der Waals surface area contributed by atoms with Crippen molar-refractivity contribution in [3.8, 4) is 0 Å². The fourth-order valence-corrected chi connectivity index (χ4v) is 3.19. The van der Waals surface area contributed by atoms with E-state index in [1.165, 1.54) is 0 Å². The van der Waals surface area contributed by atoms with E-state index in [1.807, 2.05) is 18.4 Å². The number of hydrogen-bond acceptors (Lipinski definition) is 3. The summed E-state index contributed by atoms with van der Waals surface area (Å²) in [6.07, 6.45) is 0.736. The summed E-state index contributed by atoms with van der Waals surface area (Å²) in [5.41, 5.74) is -0.727. The van der Waals surface area contributed by atoms with Crippen molar-refractivity contribution >= 4 is 27.3 Å². The number of thiophene rings is 1. The highest BCUT2D eigenvalue weighted by Crippen LogP contribution is 2.34. The van der Waals surface area contributed by atoms with Gasteiger partial charge in [0.05, 0.1) is 10.5 Å². The van der Waals surface area contributed by atoms with E-state index in [0.717, 1.165) is 28.9 Å². The summed E-state index contributed by atoms with van der Waals surface area (Å²) in [6, 6.07) is 1.97. The van der Waals surface area contributed by atoms with Crippen LogP contribution >= 0.6 is 27.3 Å². The smallest absolute Gasteiger partial charge is 0.0983 e. The zero-order valence-corrected chi connectivity index (χ0v) is 10.9. The van der Waals surface area contributed by atoms with Crippen molar-refractivity contribution in [2.45, 2.75) is 25.9 Å². The highest BCUT2D eigenvalue weighted by Gasteiger charge is 2.25. The molecule has 0 amide bonds. The van der Waals surface area contributed by atoms with E-state index in [1.54, 1.807) is 11.3 Å². The number of rotatable bonds is 5. The Hall–Kier alpha value is 0.100. The Labute approximate surface area is 97.5 Å². The van der Waals surface area contributed by atoms with E-state index in [9.17, 15) is 5.11 Å². The molecule has 1 rings (SSSR count). The van der Waals surface area contributed by atoms with Crippen molar-refractivity contribution in [2.75, 3.05) is 13.1 Å². The molecule has 1 aromatic heterocycles. The van der Waals surface area contributed by atoms with Crippen molar-refractivity contribution in [3.63, 3.8) is 0 Å². The van der Waals surface area contributed by atoms with Crippen LogP contribution in [0.1, 0.15) is 25.1 Å². The Morgan fingerprint density at radius 2 is 2.36 bits per heavy atom. The van der Waals surface area contributed by atoms with Crippen LogP contribution in [0.15, 0.2) is 15.9 Å². The minimum absolute atomic E-state index is 0.727. The predicted molar refractivity (Wildman–Crippen MR) is 64.8 cm³/mol. The fraction of sp³-hybridized carbons (Fsp3) is 0.600. The molecule has 0 aromatic carbocycles. The second-order valence-corrected chi connectivity index (χ2v) is 5.25. The lowest BCUT2D eigenvalue weighted by Crippen LogP contribution is -2.27. The van der Waals surface area contributed by atoms with Gasteiger partial charge in [-0.1, -0.05) is 6.92 Å². The van der Waals surface area contributed by atoms with Gasteiger partial charge in [-0.2, -0.15) is 0 Å². The highest BCUT2D eigenvalue weighted by atomic mass is 79.9. The molecule has 4 heteroatoms. The van der Waals surface area contributed by atoms with Crippen LogP contribution in [-0.4, -0.2) is 18.2 Å². The average molecular weight is 278 g/mol. The number of hydrogen-bond donors (Lipinski definition) is 2. The van der Waals surface area contributed by atoms with Crippen LogP contribution in [0.2, 0.25) is 0 Å². The number of nitrogens with one attached hydrogen (secondary N) is 1. The molecule has 2 nitrogen and oxygen atoms in total. The normalized spacial score (nSPS) is 15.4. The van der Waals surface area contributed by atoms with Gasteiger partial charge in [-0.25, -0.2) is 0 Å². The average Bonchev–Trinajstić information content (AvgIpc) is 2.52. The summed E-state index contributed by atoms with van der Waals surface area (Å²) < 4.78 is 1.00. The lowest BCUT2D eigenvalue weighted by molar-refractivity contribution is 0.0513. The second kappa shape index (κ2) is 5.26. The lowest BCUT2D eigenvalue weighted by atomic mass is 10.0. The van der Waals surface area contributed by atoms with Gasteiger partial charge in [0.2, 0.25) is 0 Å². The molecule has 0 saturated heterocycles. The molecular formula is C10H16BrNOS. The van der Waals surface area contributed by atoms with E-state index >= 15 is 0 Å². The van der Waals surface area contributed by atoms with E-state index in [-0.39, 0.29) is 0 Å². The number of aliphatic hydroxyl groups is 1. The molecule has 0 radical (unpaired) electrons. The molecule has 0 saturated carbocycles. The van der Waals surface area contributed by atoms with Crippen LogP contribution in [0, 0.1) is 0 Å². The first-order valence-corrected chi connectivity index (χ1v) is 6.41. The molecule has 1 unspecified atom stereocenters. The van der Waals surface area contributed by atoms with Crippen molar-refractivity contribution in [1.29, 1.82) is 0 Å². The Morgan fingerprint density at radius 3 is 2.86 bits per heavy atom. The van der Waals surface area contributed by atoms with Crippen LogP contribution in [-0.2, 0) is 5.60 Å². The molecule has 0 spiro atoms. The van der Waals surface area contributed by atoms with Crippen LogP contribution < -0.4 is 5.32 Å². The van der Waals surface area contributed by atoms with Crippen LogP contribution in [0.5, 0.6) is 0 Å². The molecule has 1 aromatic rings. The van der Waals surface area contributed by atoms with Crippen molar-refractivity contribution in [2.24, 2.45) is 0 Å². The van der Waals surface area contributed by atoms with Gasteiger partial charge >= 0.3 is 0 Å². The third-order valence-corrected chi connectivity index (χ3v) is 4.24. The van der Waals surface area contributed by atoms with Gasteiger partial charge in [-0.05, 0) is 53.8 Å². The maximum Gasteiger partial charge on any atom is 0.0983 e. The molecule has 0 aliphatic heterocycles. The first-order valence-electron chi connectivity index (χ1n) is 4.74. The molecule has 1 heterocycles. The lowest BCUT2D eigenvalue weighted by Gasteiger charge is -2.22. The summed E-state index contributed by atoms with van der Waals surface area (Å²) in [6.45, 7) is 5.71. The third-order valence-electron chi connectivity index (χ3n) is 2.14. The topological polar surface area (TPSA) is 32.3 Å². The summed E-state index contributed by atoms with van der Waals surface area (Å²) in [7, 11) is 0. The fourth-order valence-electron chi connectivity index (χ4n) is 1.30. The monoisotopic (exact) mass is 277 g/mol. The maximum atomic E-state index is 10.2. The second-order valence-electron chi connectivity index (χ2n) is 3.48. The third kappa shape index (κ3) is 3.05. The van der Waals surface area contributed by atoms with E-state index in [0.29, 0.717) is 0 Å².